The van der Waals surface area contributed by atoms with Crippen LogP contribution >= 0.6 is 23.3 Å². The number of fused-ring (bicyclic) bond motifs is 1. The Bertz CT molecular complexity index is 977. The van der Waals surface area contributed by atoms with E-state index in [1.165, 1.54) is 0 Å². The maximum atomic E-state index is 12.5. The molecule has 0 atom stereocenters. The Morgan fingerprint density at radius 2 is 2.00 bits per heavy atom. The fourth-order valence-corrected chi connectivity index (χ4v) is 4.32. The van der Waals surface area contributed by atoms with Crippen molar-refractivity contribution in [2.45, 2.75) is 19.8 Å². The average molecular weight is 403 g/mol. The molecule has 3 aromatic rings. The Kier molecular flexibility index (Phi) is 5.08. The van der Waals surface area contributed by atoms with E-state index in [0.717, 1.165) is 47.1 Å². The average Bonchev–Trinajstić information content (AvgIpc) is 3.34. The Balaban J connectivity index is 1.28. The van der Waals surface area contributed by atoms with Gasteiger partial charge in [-0.1, -0.05) is 4.49 Å². The Morgan fingerprint density at radius 1 is 1.22 bits per heavy atom. The highest BCUT2D eigenvalue weighted by Crippen LogP contribution is 2.21. The molecule has 0 radical (unpaired) electrons. The number of likely N-dealkylation sites (tertiary alicyclic amines) is 1. The van der Waals surface area contributed by atoms with Gasteiger partial charge in [0.15, 0.2) is 0 Å². The summed E-state index contributed by atoms with van der Waals surface area (Å²) < 4.78 is 12.1. The lowest BCUT2D eigenvalue weighted by molar-refractivity contribution is 0.0688. The molecule has 1 aliphatic heterocycles. The van der Waals surface area contributed by atoms with Crippen LogP contribution in [0.4, 0.5) is 0 Å². The smallest absolute Gasteiger partial charge is 0.267 e. The van der Waals surface area contributed by atoms with Crippen LogP contribution in [-0.2, 0) is 0 Å². The summed E-state index contributed by atoms with van der Waals surface area (Å²) in [4.78, 5) is 27.4. The van der Waals surface area contributed by atoms with Crippen molar-refractivity contribution in [3.63, 3.8) is 0 Å². The van der Waals surface area contributed by atoms with Gasteiger partial charge in [0.25, 0.3) is 11.8 Å². The number of aryl methyl sites for hydroxylation is 1. The first kappa shape index (κ1) is 17.9. The van der Waals surface area contributed by atoms with Crippen molar-refractivity contribution in [2.75, 3.05) is 19.6 Å². The standard InChI is InChI=1S/C17H18N6O2S2/c1-10-15(26-22-19-10)17(25)23-6-4-11(5-7-23)9-18-16(24)12-2-3-13-14(8-12)21-27-20-13/h2-3,8,11H,4-7,9H2,1H3,(H,18,24). The number of piperidine rings is 1. The molecule has 1 saturated heterocycles. The van der Waals surface area contributed by atoms with Crippen LogP contribution in [0.3, 0.4) is 0 Å². The fourth-order valence-electron chi connectivity index (χ4n) is 3.17. The van der Waals surface area contributed by atoms with Crippen molar-refractivity contribution in [3.8, 4) is 0 Å². The number of hydrogen-bond donors (Lipinski definition) is 1. The van der Waals surface area contributed by atoms with Gasteiger partial charge in [-0.2, -0.15) is 8.75 Å². The Morgan fingerprint density at radius 3 is 2.74 bits per heavy atom. The van der Waals surface area contributed by atoms with E-state index in [1.807, 2.05) is 11.0 Å². The maximum absolute atomic E-state index is 12.5. The van der Waals surface area contributed by atoms with E-state index >= 15 is 0 Å². The molecule has 0 spiro atoms. The van der Waals surface area contributed by atoms with Crippen LogP contribution in [0.15, 0.2) is 18.2 Å². The molecule has 4 rings (SSSR count). The molecule has 1 N–H and O–H groups in total. The van der Waals surface area contributed by atoms with E-state index in [4.69, 9.17) is 0 Å². The van der Waals surface area contributed by atoms with Crippen LogP contribution in [-0.4, -0.2) is 54.7 Å². The molecule has 3 heterocycles. The molecule has 140 valence electrons. The predicted octanol–water partition coefficient (Wildman–Crippen LogP) is 2.13. The Labute approximate surface area is 164 Å². The molecule has 0 unspecified atom stereocenters. The lowest BCUT2D eigenvalue weighted by Gasteiger charge is -2.31. The Hall–Kier alpha value is -2.46. The molecular weight excluding hydrogens is 384 g/mol. The second kappa shape index (κ2) is 7.65. The molecular formula is C17H18N6O2S2. The summed E-state index contributed by atoms with van der Waals surface area (Å²) in [6.45, 7) is 3.79. The van der Waals surface area contributed by atoms with Gasteiger partial charge >= 0.3 is 0 Å². The second-order valence-corrected chi connectivity index (χ2v) is 7.88. The van der Waals surface area contributed by atoms with Crippen molar-refractivity contribution < 1.29 is 9.59 Å². The minimum absolute atomic E-state index is 0.00941. The van der Waals surface area contributed by atoms with Crippen molar-refractivity contribution in [3.05, 3.63) is 34.3 Å². The summed E-state index contributed by atoms with van der Waals surface area (Å²) in [7, 11) is 0. The summed E-state index contributed by atoms with van der Waals surface area (Å²) >= 11 is 2.29. The van der Waals surface area contributed by atoms with Crippen LogP contribution < -0.4 is 5.32 Å². The first-order valence-electron chi connectivity index (χ1n) is 8.70. The second-order valence-electron chi connectivity index (χ2n) is 6.60. The molecule has 0 aliphatic carbocycles. The van der Waals surface area contributed by atoms with Crippen LogP contribution in [0.25, 0.3) is 11.0 Å². The molecule has 2 aromatic heterocycles. The summed E-state index contributed by atoms with van der Waals surface area (Å²) in [5.41, 5.74) is 2.83. The number of nitrogens with zero attached hydrogens (tertiary/aromatic N) is 5. The third kappa shape index (κ3) is 3.81. The molecule has 10 heteroatoms. The first-order valence-corrected chi connectivity index (χ1v) is 10.2. The van der Waals surface area contributed by atoms with E-state index in [0.29, 0.717) is 41.7 Å². The molecule has 0 bridgehead atoms. The molecule has 27 heavy (non-hydrogen) atoms. The lowest BCUT2D eigenvalue weighted by Crippen LogP contribution is -2.41. The number of benzene rings is 1. The van der Waals surface area contributed by atoms with Gasteiger partial charge in [-0.15, -0.1) is 5.10 Å². The quantitative estimate of drug-likeness (QED) is 0.717. The number of carbonyl (C=O) groups excluding carboxylic acids is 2. The maximum Gasteiger partial charge on any atom is 0.267 e. The largest absolute Gasteiger partial charge is 0.352 e. The summed E-state index contributed by atoms with van der Waals surface area (Å²) in [6, 6.07) is 5.35. The number of rotatable bonds is 4. The van der Waals surface area contributed by atoms with Gasteiger partial charge in [-0.3, -0.25) is 9.59 Å². The number of carbonyl (C=O) groups is 2. The normalized spacial score (nSPS) is 15.2. The third-order valence-corrected chi connectivity index (χ3v) is 6.19. The molecule has 2 amide bonds. The number of aromatic nitrogens is 4. The summed E-state index contributed by atoms with van der Waals surface area (Å²) in [5, 5.41) is 6.91. The van der Waals surface area contributed by atoms with Gasteiger partial charge in [0.2, 0.25) is 0 Å². The molecule has 1 aliphatic rings. The van der Waals surface area contributed by atoms with Crippen molar-refractivity contribution >= 4 is 46.1 Å². The highest BCUT2D eigenvalue weighted by Gasteiger charge is 2.26. The van der Waals surface area contributed by atoms with Crippen LogP contribution in [0, 0.1) is 12.8 Å². The van der Waals surface area contributed by atoms with Crippen molar-refractivity contribution in [2.24, 2.45) is 5.92 Å². The fraction of sp³-hybridized carbons (Fsp3) is 0.412. The number of amides is 2. The summed E-state index contributed by atoms with van der Waals surface area (Å²) in [6.07, 6.45) is 1.73. The highest BCUT2D eigenvalue weighted by molar-refractivity contribution is 7.08. The van der Waals surface area contributed by atoms with E-state index in [2.05, 4.69) is 23.7 Å². The monoisotopic (exact) mass is 402 g/mol. The van der Waals surface area contributed by atoms with Gasteiger partial charge in [0, 0.05) is 25.2 Å². The zero-order valence-corrected chi connectivity index (χ0v) is 16.3. The van der Waals surface area contributed by atoms with Gasteiger partial charge < -0.3 is 10.2 Å². The van der Waals surface area contributed by atoms with Crippen molar-refractivity contribution in [1.29, 1.82) is 0 Å². The van der Waals surface area contributed by atoms with E-state index in [9.17, 15) is 9.59 Å². The topological polar surface area (TPSA) is 101 Å². The first-order chi connectivity index (χ1) is 13.1. The highest BCUT2D eigenvalue weighted by atomic mass is 32.1. The molecule has 8 nitrogen and oxygen atoms in total. The molecule has 0 saturated carbocycles. The third-order valence-electron chi connectivity index (χ3n) is 4.81. The lowest BCUT2D eigenvalue weighted by atomic mass is 9.96. The van der Waals surface area contributed by atoms with Crippen LogP contribution in [0.1, 0.15) is 38.6 Å². The van der Waals surface area contributed by atoms with Gasteiger partial charge in [-0.25, -0.2) is 0 Å². The number of nitrogens with one attached hydrogen (secondary N) is 1. The van der Waals surface area contributed by atoms with Crippen LogP contribution in [0.2, 0.25) is 0 Å². The zero-order valence-electron chi connectivity index (χ0n) is 14.7. The number of hydrogen-bond acceptors (Lipinski definition) is 8. The minimum atomic E-state index is -0.102. The molecule has 1 aromatic carbocycles. The van der Waals surface area contributed by atoms with Crippen LogP contribution in [0.5, 0.6) is 0 Å². The predicted molar refractivity (Wildman–Crippen MR) is 103 cm³/mol. The summed E-state index contributed by atoms with van der Waals surface area (Å²) in [5.74, 6) is 0.272. The van der Waals surface area contributed by atoms with Gasteiger partial charge in [0.1, 0.15) is 15.9 Å². The van der Waals surface area contributed by atoms with Gasteiger partial charge in [-0.05, 0) is 55.4 Å². The molecule has 1 fully saturated rings. The van der Waals surface area contributed by atoms with E-state index in [-0.39, 0.29) is 11.8 Å². The van der Waals surface area contributed by atoms with E-state index < -0.39 is 0 Å². The van der Waals surface area contributed by atoms with E-state index in [1.54, 1.807) is 19.1 Å². The minimum Gasteiger partial charge on any atom is -0.352 e. The SMILES string of the molecule is Cc1nnsc1C(=O)N1CCC(CNC(=O)c2ccc3nsnc3c2)CC1. The van der Waals surface area contributed by atoms with Gasteiger partial charge in [0.05, 0.1) is 17.4 Å². The zero-order chi connectivity index (χ0) is 18.8. The van der Waals surface area contributed by atoms with Crippen molar-refractivity contribution in [1.82, 2.24) is 28.6 Å².